The molecule has 1 aromatic carbocycles. The Labute approximate surface area is 147 Å². The number of hydrogen-bond acceptors (Lipinski definition) is 3. The Bertz CT molecular complexity index is 598. The second-order valence-corrected chi connectivity index (χ2v) is 6.95. The van der Waals surface area contributed by atoms with Crippen molar-refractivity contribution < 1.29 is 14.0 Å². The SMILES string of the molecule is O=C(NC1CCCC1)[C@@H](c1ccc(F)cc1)N(C(=O)CS)C1CC1. The van der Waals surface area contributed by atoms with Crippen LogP contribution in [0.1, 0.15) is 50.1 Å². The Morgan fingerprint density at radius 1 is 1.17 bits per heavy atom. The molecule has 24 heavy (non-hydrogen) atoms. The van der Waals surface area contributed by atoms with Gasteiger partial charge in [0, 0.05) is 12.1 Å². The van der Waals surface area contributed by atoms with Crippen molar-refractivity contribution in [3.63, 3.8) is 0 Å². The molecule has 6 heteroatoms. The highest BCUT2D eigenvalue weighted by molar-refractivity contribution is 7.81. The number of thiol groups is 1. The van der Waals surface area contributed by atoms with Crippen molar-refractivity contribution in [3.8, 4) is 0 Å². The second kappa shape index (κ2) is 7.55. The minimum absolute atomic E-state index is 0.0604. The van der Waals surface area contributed by atoms with Gasteiger partial charge in [-0.25, -0.2) is 4.39 Å². The van der Waals surface area contributed by atoms with Crippen molar-refractivity contribution in [3.05, 3.63) is 35.6 Å². The Morgan fingerprint density at radius 3 is 2.33 bits per heavy atom. The predicted molar refractivity (Wildman–Crippen MR) is 93.3 cm³/mol. The van der Waals surface area contributed by atoms with Gasteiger partial charge < -0.3 is 10.2 Å². The molecule has 0 bridgehead atoms. The average molecular weight is 350 g/mol. The molecule has 0 spiro atoms. The van der Waals surface area contributed by atoms with E-state index >= 15 is 0 Å². The van der Waals surface area contributed by atoms with Crippen molar-refractivity contribution >= 4 is 24.4 Å². The van der Waals surface area contributed by atoms with Gasteiger partial charge >= 0.3 is 0 Å². The summed E-state index contributed by atoms with van der Waals surface area (Å²) in [5.74, 6) is -0.621. The fourth-order valence-electron chi connectivity index (χ4n) is 3.43. The van der Waals surface area contributed by atoms with Crippen LogP contribution in [0.5, 0.6) is 0 Å². The maximum atomic E-state index is 13.3. The van der Waals surface area contributed by atoms with Crippen LogP contribution in [0.4, 0.5) is 4.39 Å². The number of rotatable bonds is 6. The van der Waals surface area contributed by atoms with Gasteiger partial charge in [0.25, 0.3) is 0 Å². The molecule has 1 N–H and O–H groups in total. The van der Waals surface area contributed by atoms with E-state index in [1.165, 1.54) is 12.1 Å². The molecule has 130 valence electrons. The van der Waals surface area contributed by atoms with Crippen LogP contribution in [-0.2, 0) is 9.59 Å². The molecule has 0 aliphatic heterocycles. The maximum Gasteiger partial charge on any atom is 0.247 e. The number of nitrogens with zero attached hydrogens (tertiary/aromatic N) is 1. The first kappa shape index (κ1) is 17.3. The lowest BCUT2D eigenvalue weighted by Crippen LogP contribution is -2.47. The van der Waals surface area contributed by atoms with Crippen LogP contribution in [0.15, 0.2) is 24.3 Å². The zero-order chi connectivity index (χ0) is 17.1. The quantitative estimate of drug-likeness (QED) is 0.775. The first-order valence-electron chi connectivity index (χ1n) is 8.58. The summed E-state index contributed by atoms with van der Waals surface area (Å²) < 4.78 is 13.3. The standard InChI is InChI=1S/C18H23FN2O2S/c19-13-7-5-12(6-8-13)17(18(23)20-14-3-1-2-4-14)21(15-9-10-15)16(22)11-24/h5-8,14-15,17,24H,1-4,9-11H2,(H,20,23)/t17-/m1/s1. The van der Waals surface area contributed by atoms with Gasteiger partial charge in [-0.15, -0.1) is 0 Å². The van der Waals surface area contributed by atoms with E-state index in [4.69, 9.17) is 0 Å². The third kappa shape index (κ3) is 3.91. The van der Waals surface area contributed by atoms with Crippen molar-refractivity contribution in [2.24, 2.45) is 0 Å². The van der Waals surface area contributed by atoms with Gasteiger partial charge in [-0.2, -0.15) is 12.6 Å². The third-order valence-electron chi connectivity index (χ3n) is 4.78. The zero-order valence-electron chi connectivity index (χ0n) is 13.6. The number of nitrogens with one attached hydrogen (secondary N) is 1. The van der Waals surface area contributed by atoms with Crippen LogP contribution >= 0.6 is 12.6 Å². The molecule has 2 fully saturated rings. The molecule has 2 aliphatic rings. The second-order valence-electron chi connectivity index (χ2n) is 6.63. The Kier molecular flexibility index (Phi) is 5.43. The zero-order valence-corrected chi connectivity index (χ0v) is 14.5. The highest BCUT2D eigenvalue weighted by Gasteiger charge is 2.41. The molecule has 0 heterocycles. The van der Waals surface area contributed by atoms with E-state index in [0.29, 0.717) is 5.56 Å². The fraction of sp³-hybridized carbons (Fsp3) is 0.556. The highest BCUT2D eigenvalue weighted by Crippen LogP contribution is 2.35. The molecule has 0 aromatic heterocycles. The van der Waals surface area contributed by atoms with E-state index in [2.05, 4.69) is 17.9 Å². The number of halogens is 1. The molecular weight excluding hydrogens is 327 g/mol. The van der Waals surface area contributed by atoms with Crippen LogP contribution in [-0.4, -0.2) is 34.6 Å². The van der Waals surface area contributed by atoms with Crippen LogP contribution in [0.25, 0.3) is 0 Å². The molecule has 2 aliphatic carbocycles. The Morgan fingerprint density at radius 2 is 1.79 bits per heavy atom. The Hall–Kier alpha value is -1.56. The van der Waals surface area contributed by atoms with Crippen LogP contribution < -0.4 is 5.32 Å². The summed E-state index contributed by atoms with van der Waals surface area (Å²) in [4.78, 5) is 27.0. The lowest BCUT2D eigenvalue weighted by molar-refractivity contribution is -0.140. The highest BCUT2D eigenvalue weighted by atomic mass is 32.1. The molecule has 3 rings (SSSR count). The first-order chi connectivity index (χ1) is 11.6. The molecule has 2 saturated carbocycles. The molecule has 2 amide bonds. The average Bonchev–Trinajstić information content (AvgIpc) is 3.29. The summed E-state index contributed by atoms with van der Waals surface area (Å²) in [7, 11) is 0. The lowest BCUT2D eigenvalue weighted by atomic mass is 10.0. The third-order valence-corrected chi connectivity index (χ3v) is 5.05. The van der Waals surface area contributed by atoms with Crippen molar-refractivity contribution in [2.45, 2.75) is 56.7 Å². The van der Waals surface area contributed by atoms with E-state index in [9.17, 15) is 14.0 Å². The summed E-state index contributed by atoms with van der Waals surface area (Å²) >= 11 is 4.10. The lowest BCUT2D eigenvalue weighted by Gasteiger charge is -2.32. The van der Waals surface area contributed by atoms with E-state index in [1.54, 1.807) is 17.0 Å². The summed E-state index contributed by atoms with van der Waals surface area (Å²) in [5, 5.41) is 3.08. The smallest absolute Gasteiger partial charge is 0.247 e. The van der Waals surface area contributed by atoms with Gasteiger partial charge in [0.05, 0.1) is 5.75 Å². The first-order valence-corrected chi connectivity index (χ1v) is 9.21. The predicted octanol–water partition coefficient (Wildman–Crippen LogP) is 2.85. The molecule has 4 nitrogen and oxygen atoms in total. The van der Waals surface area contributed by atoms with Gasteiger partial charge in [0.2, 0.25) is 11.8 Å². The van der Waals surface area contributed by atoms with Gasteiger partial charge in [0.1, 0.15) is 11.9 Å². The summed E-state index contributed by atoms with van der Waals surface area (Å²) in [6, 6.07) is 5.40. The topological polar surface area (TPSA) is 49.4 Å². The van der Waals surface area contributed by atoms with Crippen LogP contribution in [0.3, 0.4) is 0 Å². The van der Waals surface area contributed by atoms with Crippen molar-refractivity contribution in [2.75, 3.05) is 5.75 Å². The van der Waals surface area contributed by atoms with Gasteiger partial charge in [-0.3, -0.25) is 9.59 Å². The number of carbonyl (C=O) groups is 2. The minimum Gasteiger partial charge on any atom is -0.351 e. The van der Waals surface area contributed by atoms with Gasteiger partial charge in [-0.1, -0.05) is 25.0 Å². The molecule has 1 aromatic rings. The molecule has 1 atom stereocenters. The number of carbonyl (C=O) groups excluding carboxylic acids is 2. The van der Waals surface area contributed by atoms with E-state index in [0.717, 1.165) is 38.5 Å². The summed E-state index contributed by atoms with van der Waals surface area (Å²) in [6.07, 6.45) is 5.99. The normalized spacial score (nSPS) is 19.1. The number of hydrogen-bond donors (Lipinski definition) is 2. The number of benzene rings is 1. The van der Waals surface area contributed by atoms with E-state index < -0.39 is 6.04 Å². The molecule has 0 unspecified atom stereocenters. The fourth-order valence-corrected chi connectivity index (χ4v) is 3.59. The van der Waals surface area contributed by atoms with Crippen LogP contribution in [0, 0.1) is 5.82 Å². The monoisotopic (exact) mass is 350 g/mol. The van der Waals surface area contributed by atoms with E-state index in [-0.39, 0.29) is 35.5 Å². The molecule has 0 saturated heterocycles. The molecule has 0 radical (unpaired) electrons. The number of amides is 2. The van der Waals surface area contributed by atoms with Crippen molar-refractivity contribution in [1.29, 1.82) is 0 Å². The van der Waals surface area contributed by atoms with E-state index in [1.807, 2.05) is 0 Å². The Balaban J connectivity index is 1.88. The summed E-state index contributed by atoms with van der Waals surface area (Å²) in [6.45, 7) is 0. The van der Waals surface area contributed by atoms with Crippen LogP contribution in [0.2, 0.25) is 0 Å². The maximum absolute atomic E-state index is 13.3. The van der Waals surface area contributed by atoms with Gasteiger partial charge in [-0.05, 0) is 43.4 Å². The largest absolute Gasteiger partial charge is 0.351 e. The molecular formula is C18H23FN2O2S. The summed E-state index contributed by atoms with van der Waals surface area (Å²) in [5.41, 5.74) is 0.647. The van der Waals surface area contributed by atoms with Crippen molar-refractivity contribution in [1.82, 2.24) is 10.2 Å². The van der Waals surface area contributed by atoms with Gasteiger partial charge in [0.15, 0.2) is 0 Å². The minimum atomic E-state index is -0.710.